The molecule has 2 unspecified atom stereocenters. The third-order valence-corrected chi connectivity index (χ3v) is 3.81. The Balaban J connectivity index is 2.75. The number of rotatable bonds is 5. The number of aliphatic carboxylic acids is 1. The van der Waals surface area contributed by atoms with E-state index in [0.29, 0.717) is 13.0 Å². The molecule has 1 amide bonds. The third-order valence-electron chi connectivity index (χ3n) is 3.81. The summed E-state index contributed by atoms with van der Waals surface area (Å²) in [6.45, 7) is 4.57. The summed E-state index contributed by atoms with van der Waals surface area (Å²) in [5, 5.41) is 9.38. The number of ether oxygens (including phenoxy) is 1. The molecule has 0 aromatic rings. The molecule has 0 aliphatic carbocycles. The summed E-state index contributed by atoms with van der Waals surface area (Å²) in [6, 6.07) is -0.716. The molecule has 104 valence electrons. The van der Waals surface area contributed by atoms with Gasteiger partial charge in [0.1, 0.15) is 6.04 Å². The van der Waals surface area contributed by atoms with E-state index in [1.807, 2.05) is 13.8 Å². The van der Waals surface area contributed by atoms with Crippen LogP contribution < -0.4 is 5.73 Å². The zero-order valence-corrected chi connectivity index (χ0v) is 11.2. The predicted molar refractivity (Wildman–Crippen MR) is 66.0 cm³/mol. The van der Waals surface area contributed by atoms with Gasteiger partial charge in [-0.1, -0.05) is 13.8 Å². The molecule has 0 spiro atoms. The maximum atomic E-state index is 12.0. The van der Waals surface area contributed by atoms with E-state index in [9.17, 15) is 14.7 Å². The van der Waals surface area contributed by atoms with E-state index in [2.05, 4.69) is 0 Å². The maximum Gasteiger partial charge on any atom is 0.311 e. The summed E-state index contributed by atoms with van der Waals surface area (Å²) in [7, 11) is 1.48. The minimum Gasteiger partial charge on any atom is -0.481 e. The molecule has 0 bridgehead atoms. The summed E-state index contributed by atoms with van der Waals surface area (Å²) in [4.78, 5) is 25.0. The van der Waals surface area contributed by atoms with Crippen LogP contribution in [0.3, 0.4) is 0 Å². The van der Waals surface area contributed by atoms with Gasteiger partial charge in [0, 0.05) is 20.2 Å². The molecule has 1 aliphatic heterocycles. The third kappa shape index (κ3) is 2.64. The Labute approximate surface area is 107 Å². The van der Waals surface area contributed by atoms with Crippen LogP contribution in [0.5, 0.6) is 0 Å². The number of nitrogens with two attached hydrogens (primary N) is 1. The number of hydrogen-bond donors (Lipinski definition) is 2. The first-order chi connectivity index (χ1) is 8.35. The zero-order valence-electron chi connectivity index (χ0n) is 11.2. The number of amides is 1. The molecule has 0 aromatic heterocycles. The number of methoxy groups -OCH3 is 1. The van der Waals surface area contributed by atoms with E-state index < -0.39 is 17.4 Å². The fourth-order valence-electron chi connectivity index (χ4n) is 2.40. The van der Waals surface area contributed by atoms with E-state index in [4.69, 9.17) is 10.5 Å². The molecule has 1 rings (SSSR count). The van der Waals surface area contributed by atoms with Gasteiger partial charge in [0.2, 0.25) is 5.91 Å². The molecule has 18 heavy (non-hydrogen) atoms. The highest BCUT2D eigenvalue weighted by molar-refractivity contribution is 5.84. The smallest absolute Gasteiger partial charge is 0.311 e. The van der Waals surface area contributed by atoms with E-state index in [1.54, 1.807) is 0 Å². The van der Waals surface area contributed by atoms with Crippen LogP contribution in [0.4, 0.5) is 0 Å². The van der Waals surface area contributed by atoms with E-state index in [0.717, 1.165) is 0 Å². The second-order valence-corrected chi connectivity index (χ2v) is 5.19. The average Bonchev–Trinajstić information content (AvgIpc) is 2.74. The molecule has 1 heterocycles. The largest absolute Gasteiger partial charge is 0.481 e. The van der Waals surface area contributed by atoms with Gasteiger partial charge < -0.3 is 20.5 Å². The number of carbonyl (C=O) groups is 2. The SMILES string of the molecule is COCC(N)C(=O)N1CCC(C(=O)O)(C(C)C)C1. The number of nitrogens with zero attached hydrogens (tertiary/aromatic N) is 1. The van der Waals surface area contributed by atoms with E-state index in [1.165, 1.54) is 12.0 Å². The van der Waals surface area contributed by atoms with E-state index >= 15 is 0 Å². The van der Waals surface area contributed by atoms with Crippen molar-refractivity contribution in [2.45, 2.75) is 26.3 Å². The number of likely N-dealkylation sites (tertiary alicyclic amines) is 1. The van der Waals surface area contributed by atoms with Crippen molar-refractivity contribution in [2.24, 2.45) is 17.1 Å². The minimum absolute atomic E-state index is 0.0218. The van der Waals surface area contributed by atoms with Crippen molar-refractivity contribution in [3.63, 3.8) is 0 Å². The zero-order chi connectivity index (χ0) is 13.9. The van der Waals surface area contributed by atoms with Crippen molar-refractivity contribution >= 4 is 11.9 Å². The maximum absolute atomic E-state index is 12.0. The van der Waals surface area contributed by atoms with Gasteiger partial charge in [-0.05, 0) is 12.3 Å². The van der Waals surface area contributed by atoms with Crippen LogP contribution in [0.1, 0.15) is 20.3 Å². The summed E-state index contributed by atoms with van der Waals surface area (Å²) < 4.78 is 4.84. The van der Waals surface area contributed by atoms with Crippen molar-refractivity contribution in [1.29, 1.82) is 0 Å². The fourth-order valence-corrected chi connectivity index (χ4v) is 2.40. The van der Waals surface area contributed by atoms with Crippen molar-refractivity contribution in [1.82, 2.24) is 4.90 Å². The molecule has 3 N–H and O–H groups in total. The first-order valence-electron chi connectivity index (χ1n) is 6.12. The van der Waals surface area contributed by atoms with Crippen LogP contribution in [0.2, 0.25) is 0 Å². The molecule has 1 aliphatic rings. The van der Waals surface area contributed by atoms with Crippen LogP contribution in [-0.2, 0) is 14.3 Å². The molecule has 0 radical (unpaired) electrons. The average molecular weight is 258 g/mol. The molecular formula is C12H22N2O4. The lowest BCUT2D eigenvalue weighted by molar-refractivity contribution is -0.151. The Morgan fingerprint density at radius 1 is 1.50 bits per heavy atom. The number of carbonyl (C=O) groups excluding carboxylic acids is 1. The molecule has 1 fully saturated rings. The van der Waals surface area contributed by atoms with Gasteiger partial charge in [-0.2, -0.15) is 0 Å². The quantitative estimate of drug-likeness (QED) is 0.719. The van der Waals surface area contributed by atoms with Gasteiger partial charge >= 0.3 is 5.97 Å². The summed E-state index contributed by atoms with van der Waals surface area (Å²) >= 11 is 0. The van der Waals surface area contributed by atoms with Crippen LogP contribution >= 0.6 is 0 Å². The predicted octanol–water partition coefficient (Wildman–Crippen LogP) is -0.0806. The van der Waals surface area contributed by atoms with Crippen molar-refractivity contribution in [3.8, 4) is 0 Å². The normalized spacial score (nSPS) is 25.5. The summed E-state index contributed by atoms with van der Waals surface area (Å²) in [5.74, 6) is -1.10. The van der Waals surface area contributed by atoms with Gasteiger partial charge in [-0.3, -0.25) is 9.59 Å². The van der Waals surface area contributed by atoms with Gasteiger partial charge in [-0.15, -0.1) is 0 Å². The highest BCUT2D eigenvalue weighted by atomic mass is 16.5. The van der Waals surface area contributed by atoms with Crippen LogP contribution in [-0.4, -0.2) is 54.7 Å². The molecule has 0 aromatic carbocycles. The van der Waals surface area contributed by atoms with Crippen LogP contribution in [0.15, 0.2) is 0 Å². The standard InChI is InChI=1S/C12H22N2O4/c1-8(2)12(11(16)17)4-5-14(7-12)10(15)9(13)6-18-3/h8-9H,4-7,13H2,1-3H3,(H,16,17). The fraction of sp³-hybridized carbons (Fsp3) is 0.833. The van der Waals surface area contributed by atoms with Gasteiger partial charge in [0.25, 0.3) is 0 Å². The van der Waals surface area contributed by atoms with Crippen molar-refractivity contribution < 1.29 is 19.4 Å². The van der Waals surface area contributed by atoms with Crippen molar-refractivity contribution in [2.75, 3.05) is 26.8 Å². The molecule has 2 atom stereocenters. The molecule has 0 saturated carbocycles. The second kappa shape index (κ2) is 5.67. The molecule has 6 heteroatoms. The minimum atomic E-state index is -0.845. The highest BCUT2D eigenvalue weighted by Crippen LogP contribution is 2.38. The van der Waals surface area contributed by atoms with Gasteiger partial charge in [0.05, 0.1) is 12.0 Å². The summed E-state index contributed by atoms with van der Waals surface area (Å²) in [6.07, 6.45) is 0.478. The number of carboxylic acid groups (broad SMARTS) is 1. The van der Waals surface area contributed by atoms with Crippen LogP contribution in [0.25, 0.3) is 0 Å². The summed E-state index contributed by atoms with van der Waals surface area (Å²) in [5.41, 5.74) is 4.84. The molecular weight excluding hydrogens is 236 g/mol. The monoisotopic (exact) mass is 258 g/mol. The Hall–Kier alpha value is -1.14. The molecule has 1 saturated heterocycles. The Bertz CT molecular complexity index is 332. The van der Waals surface area contributed by atoms with Gasteiger partial charge in [-0.25, -0.2) is 0 Å². The first kappa shape index (κ1) is 14.9. The second-order valence-electron chi connectivity index (χ2n) is 5.19. The number of hydrogen-bond acceptors (Lipinski definition) is 4. The first-order valence-corrected chi connectivity index (χ1v) is 6.12. The lowest BCUT2D eigenvalue weighted by Crippen LogP contribution is -2.47. The highest BCUT2D eigenvalue weighted by Gasteiger charge is 2.48. The number of carboxylic acids is 1. The van der Waals surface area contributed by atoms with Crippen LogP contribution in [0, 0.1) is 11.3 Å². The topological polar surface area (TPSA) is 92.9 Å². The lowest BCUT2D eigenvalue weighted by Gasteiger charge is -2.29. The Morgan fingerprint density at radius 3 is 2.50 bits per heavy atom. The molecule has 6 nitrogen and oxygen atoms in total. The lowest BCUT2D eigenvalue weighted by atomic mass is 9.76. The van der Waals surface area contributed by atoms with Crippen molar-refractivity contribution in [3.05, 3.63) is 0 Å². The Morgan fingerprint density at radius 2 is 2.11 bits per heavy atom. The van der Waals surface area contributed by atoms with Gasteiger partial charge in [0.15, 0.2) is 0 Å². The van der Waals surface area contributed by atoms with E-state index in [-0.39, 0.29) is 25.0 Å². The Kier molecular flexibility index (Phi) is 4.70.